The summed E-state index contributed by atoms with van der Waals surface area (Å²) in [6.07, 6.45) is -2.42. The van der Waals surface area contributed by atoms with Crippen LogP contribution in [0.1, 0.15) is 5.56 Å². The second-order valence-corrected chi connectivity index (χ2v) is 5.90. The monoisotopic (exact) mass is 323 g/mol. The Kier molecular flexibility index (Phi) is 3.06. The molecule has 0 saturated carbocycles. The van der Waals surface area contributed by atoms with E-state index in [1.807, 2.05) is 0 Å². The van der Waals surface area contributed by atoms with Crippen LogP contribution in [0, 0.1) is 11.3 Å². The summed E-state index contributed by atoms with van der Waals surface area (Å²) >= 11 is 0. The number of rotatable bonds is 1. The van der Waals surface area contributed by atoms with Gasteiger partial charge in [0.1, 0.15) is 18.2 Å². The van der Waals surface area contributed by atoms with Gasteiger partial charge in [-0.25, -0.2) is 9.69 Å². The molecule has 120 valence electrons. The standard InChI is InChI=1S/C17H13N3O4/c18-7-9-5-6-12(11-4-2-1-3-10(9)11)20-16(23)14-15(22)13(21)8-19(14)17(20)24/h1-6,13-15,21-22H,8H2/t13-,14+,15-/m0/s1. The molecule has 2 fully saturated rings. The summed E-state index contributed by atoms with van der Waals surface area (Å²) in [6, 6.07) is 10.6. The normalized spacial score (nSPS) is 26.1. The predicted octanol–water partition coefficient (Wildman–Crippen LogP) is 0.584. The van der Waals surface area contributed by atoms with E-state index in [0.29, 0.717) is 22.0 Å². The number of carbonyl (C=O) groups is 2. The first-order chi connectivity index (χ1) is 11.5. The number of anilines is 1. The summed E-state index contributed by atoms with van der Waals surface area (Å²) in [4.78, 5) is 27.5. The van der Waals surface area contributed by atoms with Gasteiger partial charge in [0.25, 0.3) is 5.91 Å². The molecular weight excluding hydrogens is 310 g/mol. The molecule has 2 aliphatic heterocycles. The summed E-state index contributed by atoms with van der Waals surface area (Å²) < 4.78 is 0. The lowest BCUT2D eigenvalue weighted by atomic mass is 10.0. The molecule has 7 heteroatoms. The SMILES string of the molecule is N#Cc1ccc(N2C(=O)[C@H]3[C@@H](O)[C@@H](O)CN3C2=O)c2ccccc12. The van der Waals surface area contributed by atoms with Gasteiger partial charge in [-0.1, -0.05) is 24.3 Å². The fourth-order valence-corrected chi connectivity index (χ4v) is 3.45. The summed E-state index contributed by atoms with van der Waals surface area (Å²) in [6.45, 7) is -0.0822. The van der Waals surface area contributed by atoms with Gasteiger partial charge in [-0.05, 0) is 12.1 Å². The fraction of sp³-hybridized carbons (Fsp3) is 0.235. The van der Waals surface area contributed by atoms with Gasteiger partial charge in [-0.15, -0.1) is 0 Å². The van der Waals surface area contributed by atoms with E-state index in [2.05, 4.69) is 6.07 Å². The highest BCUT2D eigenvalue weighted by molar-refractivity contribution is 6.25. The molecule has 2 aromatic carbocycles. The van der Waals surface area contributed by atoms with Gasteiger partial charge in [0.2, 0.25) is 0 Å². The molecule has 2 saturated heterocycles. The second kappa shape index (κ2) is 5.03. The van der Waals surface area contributed by atoms with Crippen molar-refractivity contribution in [3.63, 3.8) is 0 Å². The van der Waals surface area contributed by atoms with Crippen LogP contribution in [0.4, 0.5) is 10.5 Å². The average molecular weight is 323 g/mol. The van der Waals surface area contributed by atoms with E-state index in [1.165, 1.54) is 4.90 Å². The van der Waals surface area contributed by atoms with Crippen molar-refractivity contribution in [2.75, 3.05) is 11.4 Å². The van der Waals surface area contributed by atoms with Crippen molar-refractivity contribution in [2.24, 2.45) is 0 Å². The quantitative estimate of drug-likeness (QED) is 0.747. The molecular formula is C17H13N3O4. The molecule has 2 aromatic rings. The topological polar surface area (TPSA) is 105 Å². The first-order valence-corrected chi connectivity index (χ1v) is 7.47. The molecule has 0 unspecified atom stereocenters. The Morgan fingerprint density at radius 2 is 1.79 bits per heavy atom. The molecule has 0 radical (unpaired) electrons. The van der Waals surface area contributed by atoms with Gasteiger partial charge < -0.3 is 15.1 Å². The molecule has 2 heterocycles. The molecule has 4 rings (SSSR count). The molecule has 7 nitrogen and oxygen atoms in total. The van der Waals surface area contributed by atoms with Gasteiger partial charge in [-0.2, -0.15) is 5.26 Å². The Morgan fingerprint density at radius 1 is 1.08 bits per heavy atom. The molecule has 0 bridgehead atoms. The number of hydrogen-bond acceptors (Lipinski definition) is 5. The molecule has 2 N–H and O–H groups in total. The second-order valence-electron chi connectivity index (χ2n) is 5.90. The number of fused-ring (bicyclic) bond motifs is 2. The van der Waals surface area contributed by atoms with E-state index in [9.17, 15) is 25.1 Å². The maximum atomic E-state index is 12.7. The van der Waals surface area contributed by atoms with Crippen LogP contribution in [-0.2, 0) is 4.79 Å². The summed E-state index contributed by atoms with van der Waals surface area (Å²) in [7, 11) is 0. The van der Waals surface area contributed by atoms with E-state index in [1.54, 1.807) is 36.4 Å². The Labute approximate surface area is 136 Å². The summed E-state index contributed by atoms with van der Waals surface area (Å²) in [5, 5.41) is 30.1. The third-order valence-corrected chi connectivity index (χ3v) is 4.61. The lowest BCUT2D eigenvalue weighted by Crippen LogP contribution is -2.40. The van der Waals surface area contributed by atoms with Crippen LogP contribution < -0.4 is 4.90 Å². The number of imide groups is 1. The highest BCUT2D eigenvalue weighted by Gasteiger charge is 2.56. The highest BCUT2D eigenvalue weighted by Crippen LogP contribution is 2.36. The minimum absolute atomic E-state index is 0.0822. The first-order valence-electron chi connectivity index (χ1n) is 7.47. The van der Waals surface area contributed by atoms with Crippen molar-refractivity contribution in [1.82, 2.24) is 4.90 Å². The maximum Gasteiger partial charge on any atom is 0.332 e. The number of urea groups is 1. The van der Waals surface area contributed by atoms with Crippen LogP contribution in [0.2, 0.25) is 0 Å². The van der Waals surface area contributed by atoms with E-state index >= 15 is 0 Å². The number of carbonyl (C=O) groups excluding carboxylic acids is 2. The Morgan fingerprint density at radius 3 is 2.46 bits per heavy atom. The largest absolute Gasteiger partial charge is 0.388 e. The van der Waals surface area contributed by atoms with Crippen LogP contribution in [0.25, 0.3) is 10.8 Å². The number of benzene rings is 2. The minimum atomic E-state index is -1.30. The van der Waals surface area contributed by atoms with E-state index in [-0.39, 0.29) is 6.54 Å². The van der Waals surface area contributed by atoms with Gasteiger partial charge in [0, 0.05) is 10.8 Å². The summed E-state index contributed by atoms with van der Waals surface area (Å²) in [5.74, 6) is -0.570. The Balaban J connectivity index is 1.87. The molecule has 3 atom stereocenters. The fourth-order valence-electron chi connectivity index (χ4n) is 3.45. The van der Waals surface area contributed by atoms with Crippen LogP contribution in [-0.4, -0.2) is 51.8 Å². The first kappa shape index (κ1) is 14.6. The van der Waals surface area contributed by atoms with Crippen molar-refractivity contribution in [3.8, 4) is 6.07 Å². The number of nitriles is 1. The third kappa shape index (κ3) is 1.78. The maximum absolute atomic E-state index is 12.7. The molecule has 0 aliphatic carbocycles. The molecule has 0 aromatic heterocycles. The van der Waals surface area contributed by atoms with Crippen molar-refractivity contribution in [1.29, 1.82) is 5.26 Å². The number of hydrogen-bond donors (Lipinski definition) is 2. The average Bonchev–Trinajstić information content (AvgIpc) is 3.02. The van der Waals surface area contributed by atoms with E-state index in [4.69, 9.17) is 0 Å². The zero-order chi connectivity index (χ0) is 17.0. The Bertz CT molecular complexity index is 920. The number of amides is 3. The number of aliphatic hydroxyl groups is 2. The third-order valence-electron chi connectivity index (χ3n) is 4.61. The zero-order valence-electron chi connectivity index (χ0n) is 12.5. The lowest BCUT2D eigenvalue weighted by Gasteiger charge is -2.19. The van der Waals surface area contributed by atoms with Gasteiger partial charge in [-0.3, -0.25) is 4.79 Å². The van der Waals surface area contributed by atoms with Crippen molar-refractivity contribution < 1.29 is 19.8 Å². The summed E-state index contributed by atoms with van der Waals surface area (Å²) in [5.41, 5.74) is 0.820. The highest BCUT2D eigenvalue weighted by atomic mass is 16.3. The number of nitrogens with zero attached hydrogens (tertiary/aromatic N) is 3. The zero-order valence-corrected chi connectivity index (χ0v) is 12.5. The van der Waals surface area contributed by atoms with Gasteiger partial charge >= 0.3 is 6.03 Å². The van der Waals surface area contributed by atoms with Crippen LogP contribution in [0.3, 0.4) is 0 Å². The van der Waals surface area contributed by atoms with Crippen LogP contribution in [0.5, 0.6) is 0 Å². The molecule has 2 aliphatic rings. The van der Waals surface area contributed by atoms with Crippen LogP contribution in [0.15, 0.2) is 36.4 Å². The lowest BCUT2D eigenvalue weighted by molar-refractivity contribution is -0.122. The molecule has 3 amide bonds. The van der Waals surface area contributed by atoms with Crippen molar-refractivity contribution in [2.45, 2.75) is 18.2 Å². The molecule has 24 heavy (non-hydrogen) atoms. The van der Waals surface area contributed by atoms with Crippen LogP contribution >= 0.6 is 0 Å². The Hall–Kier alpha value is -2.95. The van der Waals surface area contributed by atoms with Gasteiger partial charge in [0.05, 0.1) is 23.9 Å². The van der Waals surface area contributed by atoms with E-state index in [0.717, 1.165) is 4.90 Å². The minimum Gasteiger partial charge on any atom is -0.388 e. The van der Waals surface area contributed by atoms with Crippen molar-refractivity contribution in [3.05, 3.63) is 42.0 Å². The molecule has 0 spiro atoms. The van der Waals surface area contributed by atoms with E-state index < -0.39 is 30.2 Å². The van der Waals surface area contributed by atoms with Gasteiger partial charge in [0.15, 0.2) is 0 Å². The smallest absolute Gasteiger partial charge is 0.332 e. The number of aliphatic hydroxyl groups excluding tert-OH is 2. The predicted molar refractivity (Wildman–Crippen MR) is 84.1 cm³/mol. The van der Waals surface area contributed by atoms with Crippen molar-refractivity contribution >= 4 is 28.4 Å².